The number of allylic oxidation sites excluding steroid dienone is 4. The third-order valence-electron chi connectivity index (χ3n) is 4.23. The molecule has 0 aliphatic rings. The van der Waals surface area contributed by atoms with Gasteiger partial charge in [-0.2, -0.15) is 0 Å². The summed E-state index contributed by atoms with van der Waals surface area (Å²) in [7, 11) is 0. The van der Waals surface area contributed by atoms with Crippen LogP contribution in [0.4, 0.5) is 0 Å². The van der Waals surface area contributed by atoms with Crippen LogP contribution in [-0.2, 0) is 5.41 Å². The number of ether oxygens (including phenoxy) is 1. The van der Waals surface area contributed by atoms with Crippen molar-refractivity contribution in [2.45, 2.75) is 53.1 Å². The predicted octanol–water partition coefficient (Wildman–Crippen LogP) is 6.87. The molecule has 0 unspecified atom stereocenters. The quantitative estimate of drug-likeness (QED) is 0.383. The number of nitrogens with zero attached hydrogens (tertiary/aromatic N) is 2. The van der Waals surface area contributed by atoms with E-state index in [0.29, 0.717) is 0 Å². The van der Waals surface area contributed by atoms with Crippen molar-refractivity contribution in [1.82, 2.24) is 4.98 Å². The molecule has 0 radical (unpaired) electrons. The number of rotatable bonds is 7. The van der Waals surface area contributed by atoms with Gasteiger partial charge in [0, 0.05) is 29.7 Å². The zero-order valence-electron chi connectivity index (χ0n) is 18.4. The van der Waals surface area contributed by atoms with E-state index in [1.165, 1.54) is 0 Å². The van der Waals surface area contributed by atoms with Crippen molar-refractivity contribution in [2.24, 2.45) is 4.99 Å². The Hall–Kier alpha value is -2.94. The molecule has 0 bridgehead atoms. The van der Waals surface area contributed by atoms with E-state index in [0.717, 1.165) is 28.1 Å². The van der Waals surface area contributed by atoms with Gasteiger partial charge in [0.15, 0.2) is 0 Å². The van der Waals surface area contributed by atoms with Gasteiger partial charge in [0.1, 0.15) is 5.75 Å². The van der Waals surface area contributed by atoms with Gasteiger partial charge in [-0.05, 0) is 67.8 Å². The Kier molecular flexibility index (Phi) is 8.14. The molecule has 2 rings (SSSR count). The van der Waals surface area contributed by atoms with Gasteiger partial charge < -0.3 is 4.74 Å². The molecule has 1 heterocycles. The molecule has 0 saturated heterocycles. The van der Waals surface area contributed by atoms with Crippen LogP contribution in [0.15, 0.2) is 72.0 Å². The second-order valence-electron chi connectivity index (χ2n) is 8.13. The van der Waals surface area contributed by atoms with Crippen LogP contribution >= 0.6 is 0 Å². The molecule has 152 valence electrons. The first-order valence-corrected chi connectivity index (χ1v) is 10.1. The Bertz CT molecular complexity index is 878. The number of hydrogen-bond acceptors (Lipinski definition) is 3. The average Bonchev–Trinajstić information content (AvgIpc) is 2.67. The Morgan fingerprint density at radius 1 is 1.07 bits per heavy atom. The molecule has 0 spiro atoms. The number of aromatic nitrogens is 1. The maximum Gasteiger partial charge on any atom is 0.119 e. The molecule has 1 aromatic heterocycles. The van der Waals surface area contributed by atoms with Crippen molar-refractivity contribution in [3.63, 3.8) is 0 Å². The van der Waals surface area contributed by atoms with E-state index in [1.807, 2.05) is 51.3 Å². The molecule has 2 aromatic rings. The first-order chi connectivity index (χ1) is 13.8. The van der Waals surface area contributed by atoms with Crippen LogP contribution in [0.2, 0.25) is 0 Å². The van der Waals surface area contributed by atoms with Crippen LogP contribution in [-0.4, -0.2) is 17.3 Å². The first kappa shape index (κ1) is 22.4. The summed E-state index contributed by atoms with van der Waals surface area (Å²) in [5.41, 5.74) is 4.48. The number of aliphatic imine (C=N–C) groups is 1. The molecular formula is C26H32N2O. The Labute approximate surface area is 175 Å². The SMILES string of the molecule is C\C=C(/C=C\C=N\C=C\c1ccc(C(C)(C)C)nc1)c1ccc(OC(C)C)cc1. The molecule has 0 aliphatic carbocycles. The van der Waals surface area contributed by atoms with Crippen LogP contribution in [0.5, 0.6) is 5.75 Å². The normalized spacial score (nSPS) is 13.3. The minimum absolute atomic E-state index is 0.0669. The first-order valence-electron chi connectivity index (χ1n) is 10.1. The molecule has 0 saturated carbocycles. The lowest BCUT2D eigenvalue weighted by Crippen LogP contribution is -2.12. The third-order valence-corrected chi connectivity index (χ3v) is 4.23. The van der Waals surface area contributed by atoms with Crippen LogP contribution in [0, 0.1) is 0 Å². The molecule has 0 aliphatic heterocycles. The predicted molar refractivity (Wildman–Crippen MR) is 125 cm³/mol. The van der Waals surface area contributed by atoms with Gasteiger partial charge in [0.05, 0.1) is 6.10 Å². The maximum absolute atomic E-state index is 5.70. The van der Waals surface area contributed by atoms with E-state index in [1.54, 1.807) is 12.4 Å². The molecule has 0 N–H and O–H groups in total. The molecule has 1 aromatic carbocycles. The molecular weight excluding hydrogens is 356 g/mol. The second-order valence-corrected chi connectivity index (χ2v) is 8.13. The van der Waals surface area contributed by atoms with Gasteiger partial charge in [0.2, 0.25) is 0 Å². The number of benzene rings is 1. The fraction of sp³-hybridized carbons (Fsp3) is 0.308. The summed E-state index contributed by atoms with van der Waals surface area (Å²) < 4.78 is 5.70. The van der Waals surface area contributed by atoms with Crippen LogP contribution in [0.3, 0.4) is 0 Å². The van der Waals surface area contributed by atoms with Gasteiger partial charge in [-0.3, -0.25) is 9.98 Å². The van der Waals surface area contributed by atoms with E-state index in [2.05, 4.69) is 67.2 Å². The highest BCUT2D eigenvalue weighted by Gasteiger charge is 2.14. The highest BCUT2D eigenvalue weighted by Crippen LogP contribution is 2.21. The lowest BCUT2D eigenvalue weighted by atomic mass is 9.91. The minimum atomic E-state index is 0.0669. The maximum atomic E-state index is 5.70. The lowest BCUT2D eigenvalue weighted by molar-refractivity contribution is 0.242. The number of pyridine rings is 1. The van der Waals surface area contributed by atoms with E-state index >= 15 is 0 Å². The monoisotopic (exact) mass is 388 g/mol. The lowest BCUT2D eigenvalue weighted by Gasteiger charge is -2.17. The Morgan fingerprint density at radius 3 is 2.34 bits per heavy atom. The summed E-state index contributed by atoms with van der Waals surface area (Å²) in [5.74, 6) is 0.889. The van der Waals surface area contributed by atoms with Crippen molar-refractivity contribution in [3.05, 3.63) is 83.8 Å². The van der Waals surface area contributed by atoms with Crippen LogP contribution in [0.25, 0.3) is 11.6 Å². The summed E-state index contributed by atoms with van der Waals surface area (Å²) in [6, 6.07) is 12.3. The topological polar surface area (TPSA) is 34.5 Å². The van der Waals surface area contributed by atoms with Gasteiger partial charge >= 0.3 is 0 Å². The van der Waals surface area contributed by atoms with Gasteiger partial charge in [-0.1, -0.05) is 51.1 Å². The fourth-order valence-electron chi connectivity index (χ4n) is 2.68. The summed E-state index contributed by atoms with van der Waals surface area (Å²) in [4.78, 5) is 8.84. The molecule has 3 heteroatoms. The Balaban J connectivity index is 1.93. The molecule has 0 atom stereocenters. The summed E-state index contributed by atoms with van der Waals surface area (Å²) in [5, 5.41) is 0. The zero-order chi connectivity index (χ0) is 21.3. The van der Waals surface area contributed by atoms with Crippen molar-refractivity contribution < 1.29 is 4.74 Å². The van der Waals surface area contributed by atoms with Crippen LogP contribution < -0.4 is 4.74 Å². The second kappa shape index (κ2) is 10.6. The minimum Gasteiger partial charge on any atom is -0.491 e. The standard InChI is InChI=1S/C26H32N2O/c1-7-22(23-11-13-24(14-12-23)29-20(2)3)9-8-17-27-18-16-21-10-15-25(28-19-21)26(4,5)6/h7-20H,1-6H3/b9-8-,18-16+,22-7+,27-17+. The molecule has 3 nitrogen and oxygen atoms in total. The van der Waals surface area contributed by atoms with Crippen molar-refractivity contribution in [1.29, 1.82) is 0 Å². The highest BCUT2D eigenvalue weighted by molar-refractivity contribution is 5.81. The zero-order valence-corrected chi connectivity index (χ0v) is 18.4. The van der Waals surface area contributed by atoms with E-state index in [-0.39, 0.29) is 11.5 Å². The van der Waals surface area contributed by atoms with E-state index in [4.69, 9.17) is 4.74 Å². The smallest absolute Gasteiger partial charge is 0.119 e. The van der Waals surface area contributed by atoms with Gasteiger partial charge in [-0.25, -0.2) is 0 Å². The van der Waals surface area contributed by atoms with Gasteiger partial charge in [0.25, 0.3) is 0 Å². The Morgan fingerprint density at radius 2 is 1.79 bits per heavy atom. The third kappa shape index (κ3) is 7.53. The summed E-state index contributed by atoms with van der Waals surface area (Å²) >= 11 is 0. The fourth-order valence-corrected chi connectivity index (χ4v) is 2.68. The van der Waals surface area contributed by atoms with Gasteiger partial charge in [-0.15, -0.1) is 0 Å². The van der Waals surface area contributed by atoms with Crippen molar-refractivity contribution >= 4 is 17.9 Å². The van der Waals surface area contributed by atoms with Crippen molar-refractivity contribution in [3.8, 4) is 5.75 Å². The average molecular weight is 389 g/mol. The summed E-state index contributed by atoms with van der Waals surface area (Å²) in [6.07, 6.45) is 13.7. The summed E-state index contributed by atoms with van der Waals surface area (Å²) in [6.45, 7) is 12.6. The van der Waals surface area contributed by atoms with Crippen molar-refractivity contribution in [2.75, 3.05) is 0 Å². The van der Waals surface area contributed by atoms with Crippen LogP contribution in [0.1, 0.15) is 58.4 Å². The molecule has 0 amide bonds. The number of hydrogen-bond donors (Lipinski definition) is 0. The highest BCUT2D eigenvalue weighted by atomic mass is 16.5. The van der Waals surface area contributed by atoms with E-state index in [9.17, 15) is 0 Å². The molecule has 29 heavy (non-hydrogen) atoms. The largest absolute Gasteiger partial charge is 0.491 e. The molecule has 0 fully saturated rings. The van der Waals surface area contributed by atoms with E-state index < -0.39 is 0 Å².